The molecule has 0 aliphatic carbocycles. The van der Waals surface area contributed by atoms with Gasteiger partial charge < -0.3 is 9.47 Å². The molecule has 0 aromatic rings. The highest BCUT2D eigenvalue weighted by Gasteiger charge is 2.42. The van der Waals surface area contributed by atoms with Crippen LogP contribution in [0.25, 0.3) is 0 Å². The summed E-state index contributed by atoms with van der Waals surface area (Å²) in [5, 5.41) is 0. The zero-order chi connectivity index (χ0) is 16.5. The van der Waals surface area contributed by atoms with Crippen molar-refractivity contribution in [2.75, 3.05) is 6.61 Å². The molecule has 8 heteroatoms. The Balaban J connectivity index is 3.85. The molecule has 0 heterocycles. The van der Waals surface area contributed by atoms with Crippen LogP contribution in [0, 0.1) is 0 Å². The van der Waals surface area contributed by atoms with E-state index in [4.69, 9.17) is 4.74 Å². The Labute approximate surface area is 120 Å². The van der Waals surface area contributed by atoms with Gasteiger partial charge in [-0.15, -0.1) is 6.58 Å². The van der Waals surface area contributed by atoms with Gasteiger partial charge in [0.25, 0.3) is 0 Å². The Morgan fingerprint density at radius 1 is 1.24 bits per heavy atom. The third-order valence-electron chi connectivity index (χ3n) is 2.34. The maximum atomic E-state index is 12.5. The quantitative estimate of drug-likeness (QED) is 0.353. The molecular formula is C13H18F4O4. The molecule has 0 aliphatic heterocycles. The summed E-state index contributed by atoms with van der Waals surface area (Å²) in [7, 11) is 0. The lowest BCUT2D eigenvalue weighted by Crippen LogP contribution is -2.33. The van der Waals surface area contributed by atoms with E-state index in [0.717, 1.165) is 0 Å². The predicted molar refractivity (Wildman–Crippen MR) is 66.1 cm³/mol. The zero-order valence-corrected chi connectivity index (χ0v) is 11.6. The molecule has 0 amide bonds. The van der Waals surface area contributed by atoms with Crippen LogP contribution in [0.4, 0.5) is 17.6 Å². The van der Waals surface area contributed by atoms with Crippen molar-refractivity contribution in [3.8, 4) is 0 Å². The average molecular weight is 314 g/mol. The van der Waals surface area contributed by atoms with Crippen molar-refractivity contribution in [3.63, 3.8) is 0 Å². The van der Waals surface area contributed by atoms with Crippen LogP contribution in [0.3, 0.4) is 0 Å². The molecule has 0 aromatic heterocycles. The first-order valence-electron chi connectivity index (χ1n) is 6.31. The molecule has 4 nitrogen and oxygen atoms in total. The van der Waals surface area contributed by atoms with Gasteiger partial charge in [0.2, 0.25) is 0 Å². The van der Waals surface area contributed by atoms with E-state index in [0.29, 0.717) is 6.42 Å². The van der Waals surface area contributed by atoms with Crippen LogP contribution in [0.5, 0.6) is 0 Å². The van der Waals surface area contributed by atoms with E-state index in [1.807, 2.05) is 0 Å². The second kappa shape index (κ2) is 9.36. The minimum atomic E-state index is -4.37. The van der Waals surface area contributed by atoms with E-state index in [9.17, 15) is 27.2 Å². The second-order valence-electron chi connectivity index (χ2n) is 4.40. The minimum absolute atomic E-state index is 0.0265. The third kappa shape index (κ3) is 9.04. The predicted octanol–water partition coefficient (Wildman–Crippen LogP) is 3.11. The fraction of sp³-hybridized carbons (Fsp3) is 0.692. The van der Waals surface area contributed by atoms with Crippen molar-refractivity contribution in [3.05, 3.63) is 12.7 Å². The van der Waals surface area contributed by atoms with Gasteiger partial charge in [0, 0.05) is 19.3 Å². The van der Waals surface area contributed by atoms with Crippen molar-refractivity contribution in [1.82, 2.24) is 0 Å². The Morgan fingerprint density at radius 3 is 2.33 bits per heavy atom. The molecule has 0 aliphatic rings. The summed E-state index contributed by atoms with van der Waals surface area (Å²) in [5.41, 5.74) is 0. The number of rotatable bonds is 10. The fourth-order valence-electron chi connectivity index (χ4n) is 1.26. The van der Waals surface area contributed by atoms with Crippen molar-refractivity contribution < 1.29 is 36.6 Å². The van der Waals surface area contributed by atoms with Gasteiger partial charge in [0.1, 0.15) is 6.10 Å². The minimum Gasteiger partial charge on any atom is -0.462 e. The van der Waals surface area contributed by atoms with E-state index in [2.05, 4.69) is 11.3 Å². The summed E-state index contributed by atoms with van der Waals surface area (Å²) in [6.07, 6.45) is -2.57. The number of ether oxygens (including phenoxy) is 2. The maximum Gasteiger partial charge on any atom is 0.340 e. The Morgan fingerprint density at radius 2 is 1.81 bits per heavy atom. The first-order valence-corrected chi connectivity index (χ1v) is 6.31. The van der Waals surface area contributed by atoms with Gasteiger partial charge >= 0.3 is 24.3 Å². The van der Waals surface area contributed by atoms with Crippen molar-refractivity contribution >= 4 is 11.9 Å². The largest absolute Gasteiger partial charge is 0.462 e. The number of hydrogen-bond donors (Lipinski definition) is 0. The third-order valence-corrected chi connectivity index (χ3v) is 2.34. The first kappa shape index (κ1) is 19.4. The second-order valence-corrected chi connectivity index (χ2v) is 4.40. The van der Waals surface area contributed by atoms with Gasteiger partial charge in [-0.2, -0.15) is 8.78 Å². The molecule has 0 N–H and O–H groups in total. The number of alkyl halides is 4. The molecule has 0 saturated carbocycles. The van der Waals surface area contributed by atoms with Crippen LogP contribution in [0.2, 0.25) is 0 Å². The number of esters is 2. The van der Waals surface area contributed by atoms with Gasteiger partial charge in [-0.3, -0.25) is 9.59 Å². The molecule has 21 heavy (non-hydrogen) atoms. The van der Waals surface area contributed by atoms with Crippen LogP contribution in [-0.2, 0) is 19.1 Å². The van der Waals surface area contributed by atoms with Gasteiger partial charge in [-0.1, -0.05) is 6.08 Å². The first-order chi connectivity index (χ1) is 9.69. The summed E-state index contributed by atoms with van der Waals surface area (Å²) >= 11 is 0. The van der Waals surface area contributed by atoms with Crippen molar-refractivity contribution in [1.29, 1.82) is 0 Å². The summed E-state index contributed by atoms with van der Waals surface area (Å²) in [6, 6.07) is 0. The molecule has 122 valence electrons. The highest BCUT2D eigenvalue weighted by molar-refractivity contribution is 5.72. The molecule has 1 unspecified atom stereocenters. The van der Waals surface area contributed by atoms with Gasteiger partial charge in [0.15, 0.2) is 6.61 Å². The average Bonchev–Trinajstić information content (AvgIpc) is 2.36. The lowest BCUT2D eigenvalue weighted by molar-refractivity contribution is -0.179. The lowest BCUT2D eigenvalue weighted by Gasteiger charge is -2.15. The maximum absolute atomic E-state index is 12.5. The van der Waals surface area contributed by atoms with Crippen LogP contribution >= 0.6 is 0 Å². The normalized spacial score (nSPS) is 12.9. The summed E-state index contributed by atoms with van der Waals surface area (Å²) < 4.78 is 57.5. The van der Waals surface area contributed by atoms with Gasteiger partial charge in [-0.05, 0) is 13.3 Å². The Kier molecular flexibility index (Phi) is 8.64. The highest BCUT2D eigenvalue weighted by Crippen LogP contribution is 2.23. The van der Waals surface area contributed by atoms with Crippen LogP contribution in [0.15, 0.2) is 12.7 Å². The fourth-order valence-corrected chi connectivity index (χ4v) is 1.26. The van der Waals surface area contributed by atoms with Crippen LogP contribution < -0.4 is 0 Å². The van der Waals surface area contributed by atoms with Gasteiger partial charge in [0.05, 0.1) is 0 Å². The molecule has 0 spiro atoms. The lowest BCUT2D eigenvalue weighted by atomic mass is 10.2. The summed E-state index contributed by atoms with van der Waals surface area (Å²) in [5.74, 6) is -5.98. The van der Waals surface area contributed by atoms with Crippen LogP contribution in [-0.4, -0.2) is 37.0 Å². The zero-order valence-electron chi connectivity index (χ0n) is 11.6. The van der Waals surface area contributed by atoms with Crippen molar-refractivity contribution in [2.45, 2.75) is 51.1 Å². The smallest absolute Gasteiger partial charge is 0.340 e. The molecule has 0 bridgehead atoms. The molecule has 0 aromatic carbocycles. The van der Waals surface area contributed by atoms with Gasteiger partial charge in [-0.25, -0.2) is 8.78 Å². The Hall–Kier alpha value is -1.60. The SMILES string of the molecule is C=CCC(C)OC(=O)CCCC(=O)OCC(F)(F)C(F)F. The molecular weight excluding hydrogens is 296 g/mol. The molecule has 0 radical (unpaired) electrons. The van der Waals surface area contributed by atoms with E-state index >= 15 is 0 Å². The monoisotopic (exact) mass is 314 g/mol. The Bertz CT molecular complexity index is 358. The highest BCUT2D eigenvalue weighted by atomic mass is 19.3. The van der Waals surface area contributed by atoms with E-state index in [1.54, 1.807) is 13.0 Å². The number of carbonyl (C=O) groups excluding carboxylic acids is 2. The number of hydrogen-bond acceptors (Lipinski definition) is 4. The summed E-state index contributed by atoms with van der Waals surface area (Å²) in [4.78, 5) is 22.3. The molecule has 0 saturated heterocycles. The number of carbonyl (C=O) groups is 2. The van der Waals surface area contributed by atoms with E-state index in [1.165, 1.54) is 0 Å². The topological polar surface area (TPSA) is 52.6 Å². The number of halogens is 4. The molecule has 0 rings (SSSR count). The standard InChI is InChI=1S/C13H18F4O4/c1-3-5-9(2)21-11(19)7-4-6-10(18)20-8-13(16,17)12(14)15/h3,9,12H,1,4-8H2,2H3. The summed E-state index contributed by atoms with van der Waals surface area (Å²) in [6.45, 7) is 3.47. The molecule has 1 atom stereocenters. The van der Waals surface area contributed by atoms with E-state index in [-0.39, 0.29) is 25.4 Å². The van der Waals surface area contributed by atoms with E-state index < -0.39 is 30.9 Å². The van der Waals surface area contributed by atoms with Crippen LogP contribution in [0.1, 0.15) is 32.6 Å². The van der Waals surface area contributed by atoms with Crippen molar-refractivity contribution in [2.24, 2.45) is 0 Å². The molecule has 0 fully saturated rings.